The lowest BCUT2D eigenvalue weighted by Crippen LogP contribution is -2.09. The van der Waals surface area contributed by atoms with E-state index >= 15 is 0 Å². The van der Waals surface area contributed by atoms with Crippen molar-refractivity contribution < 1.29 is 42.4 Å². The predicted molar refractivity (Wildman–Crippen MR) is 158 cm³/mol. The van der Waals surface area contributed by atoms with Crippen molar-refractivity contribution in [2.75, 3.05) is 6.66 Å². The number of non-ortho nitro benzene ring substituents is 4. The van der Waals surface area contributed by atoms with Crippen LogP contribution in [0.5, 0.6) is 23.0 Å². The van der Waals surface area contributed by atoms with Crippen LogP contribution in [0.2, 0.25) is 0 Å². The van der Waals surface area contributed by atoms with Gasteiger partial charge in [0.15, 0.2) is 0 Å². The number of rotatable bonds is 13. The van der Waals surface area contributed by atoms with E-state index in [0.29, 0.717) is 0 Å². The Morgan fingerprint density at radius 2 is 0.689 bits per heavy atom. The summed E-state index contributed by atoms with van der Waals surface area (Å²) in [6.07, 6.45) is 0. The largest absolute Gasteiger partial charge is 0.532 e. The molecule has 0 bridgehead atoms. The first-order valence-corrected chi connectivity index (χ1v) is 15.7. The third-order valence-electron chi connectivity index (χ3n) is 5.40. The molecule has 0 aliphatic rings. The molecule has 45 heavy (non-hydrogen) atoms. The zero-order valence-electron chi connectivity index (χ0n) is 22.7. The topological polar surface area (TPSA) is 239 Å². The summed E-state index contributed by atoms with van der Waals surface area (Å²) in [5.74, 6) is -0.431. The number of nitro benzene ring substituents is 4. The van der Waals surface area contributed by atoms with E-state index in [1.54, 1.807) is 0 Å². The molecule has 0 saturated carbocycles. The van der Waals surface area contributed by atoms with Crippen molar-refractivity contribution in [3.05, 3.63) is 138 Å². The quantitative estimate of drug-likeness (QED) is 0.0759. The predicted octanol–water partition coefficient (Wildman–Crippen LogP) is 7.70. The molecule has 0 saturated heterocycles. The second kappa shape index (κ2) is 13.2. The summed E-state index contributed by atoms with van der Waals surface area (Å²) in [6, 6.07) is 18.2. The minimum atomic E-state index is -4.44. The highest BCUT2D eigenvalue weighted by molar-refractivity contribution is 7.66. The van der Waals surface area contributed by atoms with Gasteiger partial charge in [0.2, 0.25) is 0 Å². The zero-order valence-corrected chi connectivity index (χ0v) is 24.5. The van der Waals surface area contributed by atoms with E-state index in [1.165, 1.54) is 48.5 Å². The van der Waals surface area contributed by atoms with Gasteiger partial charge in [0.05, 0.1) is 19.7 Å². The summed E-state index contributed by atoms with van der Waals surface area (Å²) in [6.45, 7) is 1.06. The van der Waals surface area contributed by atoms with Gasteiger partial charge in [-0.25, -0.2) is 0 Å². The number of hydrogen-bond acceptors (Lipinski definition) is 13. The van der Waals surface area contributed by atoms with Crippen LogP contribution in [0.25, 0.3) is 0 Å². The Kier molecular flexibility index (Phi) is 9.40. The number of hydrogen-bond donors (Lipinski definition) is 0. The van der Waals surface area contributed by atoms with Gasteiger partial charge in [0.1, 0.15) is 23.0 Å². The highest BCUT2D eigenvalue weighted by Gasteiger charge is 2.36. The highest BCUT2D eigenvalue weighted by atomic mass is 31.2. The molecule has 232 valence electrons. The summed E-state index contributed by atoms with van der Waals surface area (Å²) in [5.41, 5.74) is -1.15. The van der Waals surface area contributed by atoms with Crippen LogP contribution in [0, 0.1) is 40.5 Å². The third-order valence-corrected chi connectivity index (χ3v) is 9.45. The van der Waals surface area contributed by atoms with Gasteiger partial charge in [0, 0.05) is 55.2 Å². The number of benzene rings is 4. The molecule has 0 aliphatic carbocycles. The second-order valence-electron chi connectivity index (χ2n) is 8.73. The molecule has 0 aromatic heterocycles. The molecule has 4 aromatic carbocycles. The molecule has 0 amide bonds. The smallest absolute Gasteiger partial charge is 0.428 e. The van der Waals surface area contributed by atoms with Crippen LogP contribution >= 0.6 is 15.3 Å². The Morgan fingerprint density at radius 1 is 0.467 bits per heavy atom. The number of nitro groups is 4. The van der Waals surface area contributed by atoms with Crippen molar-refractivity contribution >= 4 is 38.0 Å². The lowest BCUT2D eigenvalue weighted by Gasteiger charge is -2.26. The molecular weight excluding hydrogens is 640 g/mol. The SMILES string of the molecule is CP(=O)(N=P(Oc1ccc([N+](=O)[O-])cc1)(Oc1ccc([N+](=O)[O-])cc1)Oc1ccc([N+](=O)[O-])cc1)Oc1ccc([N+](=O)[O-])cc1. The summed E-state index contributed by atoms with van der Waals surface area (Å²) >= 11 is 0. The van der Waals surface area contributed by atoms with Gasteiger partial charge in [-0.1, -0.05) is 4.52 Å². The van der Waals surface area contributed by atoms with E-state index in [1.807, 2.05) is 0 Å². The summed E-state index contributed by atoms with van der Waals surface area (Å²) in [5, 5.41) is 44.5. The van der Waals surface area contributed by atoms with E-state index in [0.717, 1.165) is 55.2 Å². The van der Waals surface area contributed by atoms with Gasteiger partial charge in [-0.15, -0.1) is 0 Å². The Balaban J connectivity index is 1.86. The zero-order chi connectivity index (χ0) is 32.8. The van der Waals surface area contributed by atoms with Crippen LogP contribution in [0.4, 0.5) is 22.7 Å². The lowest BCUT2D eigenvalue weighted by molar-refractivity contribution is -0.385. The molecule has 4 rings (SSSR count). The maximum atomic E-state index is 13.8. The molecule has 0 aliphatic heterocycles. The van der Waals surface area contributed by atoms with Gasteiger partial charge in [0.25, 0.3) is 22.7 Å². The molecule has 0 N–H and O–H groups in total. The van der Waals surface area contributed by atoms with Crippen LogP contribution in [-0.4, -0.2) is 26.4 Å². The standard InChI is InChI=1S/C25H19N5O13P2/c1-44(39,40-22-10-2-18(3-11-22)27(31)32)26-45(41-23-12-4-19(5-13-23)28(33)34,42-24-14-6-20(7-15-24)29(35)36)43-25-16-8-21(9-17-25)30(37)38/h2-17H,1H3. The monoisotopic (exact) mass is 659 g/mol. The normalized spacial score (nSPS) is 12.2. The maximum Gasteiger partial charge on any atom is 0.532 e. The van der Waals surface area contributed by atoms with Crippen molar-refractivity contribution in [1.82, 2.24) is 0 Å². The van der Waals surface area contributed by atoms with Crippen LogP contribution in [0.3, 0.4) is 0 Å². The molecule has 4 aromatic rings. The molecule has 0 fully saturated rings. The van der Waals surface area contributed by atoms with Gasteiger partial charge in [-0.2, -0.15) is 0 Å². The lowest BCUT2D eigenvalue weighted by atomic mass is 10.3. The Morgan fingerprint density at radius 3 is 0.911 bits per heavy atom. The summed E-state index contributed by atoms with van der Waals surface area (Å²) in [7, 11) is -8.70. The molecule has 0 spiro atoms. The fourth-order valence-electron chi connectivity index (χ4n) is 3.44. The molecule has 1 unspecified atom stereocenters. The van der Waals surface area contributed by atoms with Gasteiger partial charge in [-0.3, -0.25) is 45.0 Å². The highest BCUT2D eigenvalue weighted by Crippen LogP contribution is 2.62. The summed E-state index contributed by atoms with van der Waals surface area (Å²) in [4.78, 5) is 41.9. The van der Waals surface area contributed by atoms with E-state index in [2.05, 4.69) is 4.52 Å². The molecule has 0 heterocycles. The average molecular weight is 659 g/mol. The Bertz CT molecular complexity index is 1700. The first-order valence-electron chi connectivity index (χ1n) is 12.2. The van der Waals surface area contributed by atoms with Crippen LogP contribution in [0.15, 0.2) is 102 Å². The van der Waals surface area contributed by atoms with Crippen LogP contribution in [-0.2, 0) is 4.57 Å². The average Bonchev–Trinajstić information content (AvgIpc) is 2.97. The fraction of sp³-hybridized carbons (Fsp3) is 0.0400. The van der Waals surface area contributed by atoms with Crippen molar-refractivity contribution in [2.45, 2.75) is 0 Å². The van der Waals surface area contributed by atoms with Crippen LogP contribution < -0.4 is 18.1 Å². The van der Waals surface area contributed by atoms with Gasteiger partial charge < -0.3 is 18.1 Å². The van der Waals surface area contributed by atoms with Crippen molar-refractivity contribution in [1.29, 1.82) is 0 Å². The maximum absolute atomic E-state index is 13.8. The molecule has 18 nitrogen and oxygen atoms in total. The van der Waals surface area contributed by atoms with Crippen molar-refractivity contribution in [3.8, 4) is 23.0 Å². The van der Waals surface area contributed by atoms with Crippen LogP contribution in [0.1, 0.15) is 0 Å². The van der Waals surface area contributed by atoms with E-state index in [-0.39, 0.29) is 45.7 Å². The first kappa shape index (κ1) is 32.1. The second-order valence-corrected chi connectivity index (χ2v) is 12.7. The molecule has 20 heteroatoms. The molecular formula is C25H19N5O13P2. The Hall–Kier alpha value is -5.86. The molecule has 1 atom stereocenters. The van der Waals surface area contributed by atoms with Gasteiger partial charge in [-0.05, 0) is 48.5 Å². The van der Waals surface area contributed by atoms with Gasteiger partial charge >= 0.3 is 15.3 Å². The first-order chi connectivity index (χ1) is 21.2. The van der Waals surface area contributed by atoms with E-state index in [4.69, 9.17) is 18.1 Å². The molecule has 0 radical (unpaired) electrons. The van der Waals surface area contributed by atoms with Crippen molar-refractivity contribution in [3.63, 3.8) is 0 Å². The van der Waals surface area contributed by atoms with E-state index < -0.39 is 34.9 Å². The van der Waals surface area contributed by atoms with E-state index in [9.17, 15) is 45.0 Å². The minimum Gasteiger partial charge on any atom is -0.428 e. The Labute approximate surface area is 252 Å². The minimum absolute atomic E-state index is 0.0886. The third kappa shape index (κ3) is 8.59. The van der Waals surface area contributed by atoms with Crippen molar-refractivity contribution in [2.24, 2.45) is 4.52 Å². The fourth-order valence-corrected chi connectivity index (χ4v) is 7.40. The summed E-state index contributed by atoms with van der Waals surface area (Å²) < 4.78 is 41.5. The number of nitrogens with zero attached hydrogens (tertiary/aromatic N) is 5.